The van der Waals surface area contributed by atoms with Gasteiger partial charge in [-0.2, -0.15) is 0 Å². The molecular formula is C13H16Cl2N2O3S. The van der Waals surface area contributed by atoms with E-state index < -0.39 is 15.9 Å². The van der Waals surface area contributed by atoms with Gasteiger partial charge in [-0.3, -0.25) is 4.79 Å². The van der Waals surface area contributed by atoms with Gasteiger partial charge in [-0.15, -0.1) is 0 Å². The lowest BCUT2D eigenvalue weighted by molar-refractivity contribution is 0.0820. The van der Waals surface area contributed by atoms with E-state index in [1.807, 2.05) is 6.92 Å². The highest BCUT2D eigenvalue weighted by molar-refractivity contribution is 7.89. The highest BCUT2D eigenvalue weighted by Gasteiger charge is 2.37. The van der Waals surface area contributed by atoms with Crippen LogP contribution in [0.2, 0.25) is 10.0 Å². The number of hydrogen-bond acceptors (Lipinski definition) is 3. The van der Waals surface area contributed by atoms with Crippen molar-refractivity contribution in [2.24, 2.45) is 5.14 Å². The molecule has 8 heteroatoms. The fraction of sp³-hybridized carbons (Fsp3) is 0.462. The lowest BCUT2D eigenvalue weighted by Crippen LogP contribution is -2.53. The van der Waals surface area contributed by atoms with Gasteiger partial charge in [0.1, 0.15) is 4.90 Å². The van der Waals surface area contributed by atoms with E-state index in [9.17, 15) is 13.2 Å². The molecular weight excluding hydrogens is 335 g/mol. The van der Waals surface area contributed by atoms with Crippen molar-refractivity contribution in [3.05, 3.63) is 27.7 Å². The van der Waals surface area contributed by atoms with Crippen molar-refractivity contribution in [1.82, 2.24) is 5.32 Å². The summed E-state index contributed by atoms with van der Waals surface area (Å²) in [6.45, 7) is 2.00. The predicted octanol–water partition coefficient (Wildman–Crippen LogP) is 2.70. The van der Waals surface area contributed by atoms with E-state index in [1.54, 1.807) is 0 Å². The van der Waals surface area contributed by atoms with Crippen LogP contribution in [0.5, 0.6) is 0 Å². The first-order valence-electron chi connectivity index (χ1n) is 6.53. The van der Waals surface area contributed by atoms with Gasteiger partial charge in [0.2, 0.25) is 10.0 Å². The van der Waals surface area contributed by atoms with E-state index in [1.165, 1.54) is 6.07 Å². The van der Waals surface area contributed by atoms with Crippen molar-refractivity contribution in [3.8, 4) is 0 Å². The van der Waals surface area contributed by atoms with Crippen LogP contribution < -0.4 is 10.5 Å². The van der Waals surface area contributed by atoms with Crippen LogP contribution in [0.3, 0.4) is 0 Å². The highest BCUT2D eigenvalue weighted by Crippen LogP contribution is 2.35. The Morgan fingerprint density at radius 1 is 1.33 bits per heavy atom. The SMILES string of the molecule is CCC1(NC(=O)c2cc(S(N)(=O)=O)c(Cl)cc2Cl)CCC1. The van der Waals surface area contributed by atoms with Crippen LogP contribution in [0.25, 0.3) is 0 Å². The van der Waals surface area contributed by atoms with Crippen LogP contribution in [0.4, 0.5) is 0 Å². The van der Waals surface area contributed by atoms with Crippen LogP contribution in [0.15, 0.2) is 17.0 Å². The lowest BCUT2D eigenvalue weighted by Gasteiger charge is -2.42. The number of carbonyl (C=O) groups is 1. The maximum absolute atomic E-state index is 12.3. The van der Waals surface area contributed by atoms with Crippen molar-refractivity contribution in [2.45, 2.75) is 43.0 Å². The molecule has 1 fully saturated rings. The van der Waals surface area contributed by atoms with Crippen LogP contribution in [-0.4, -0.2) is 19.9 Å². The topological polar surface area (TPSA) is 89.3 Å². The van der Waals surface area contributed by atoms with E-state index in [2.05, 4.69) is 5.32 Å². The monoisotopic (exact) mass is 350 g/mol. The maximum atomic E-state index is 12.3. The molecule has 21 heavy (non-hydrogen) atoms. The second-order valence-corrected chi connectivity index (χ2v) is 7.59. The Morgan fingerprint density at radius 2 is 1.95 bits per heavy atom. The Hall–Kier alpha value is -0.820. The van der Waals surface area contributed by atoms with Gasteiger partial charge in [-0.1, -0.05) is 30.1 Å². The third kappa shape index (κ3) is 3.34. The molecule has 0 aromatic heterocycles. The molecule has 1 aromatic carbocycles. The first kappa shape index (κ1) is 16.5. The lowest BCUT2D eigenvalue weighted by atomic mass is 9.74. The van der Waals surface area contributed by atoms with Gasteiger partial charge in [0.25, 0.3) is 5.91 Å². The molecule has 116 valence electrons. The zero-order chi connectivity index (χ0) is 15.8. The summed E-state index contributed by atoms with van der Waals surface area (Å²) in [6, 6.07) is 2.34. The van der Waals surface area contributed by atoms with Crippen LogP contribution in [-0.2, 0) is 10.0 Å². The van der Waals surface area contributed by atoms with Crippen molar-refractivity contribution in [1.29, 1.82) is 0 Å². The smallest absolute Gasteiger partial charge is 0.253 e. The first-order valence-corrected chi connectivity index (χ1v) is 8.83. The molecule has 0 saturated heterocycles. The molecule has 0 aliphatic heterocycles. The normalized spacial score (nSPS) is 17.1. The Morgan fingerprint density at radius 3 is 2.38 bits per heavy atom. The van der Waals surface area contributed by atoms with Gasteiger partial charge < -0.3 is 5.32 Å². The summed E-state index contributed by atoms with van der Waals surface area (Å²) < 4.78 is 22.9. The van der Waals surface area contributed by atoms with E-state index in [0.717, 1.165) is 31.7 Å². The number of nitrogens with one attached hydrogen (secondary N) is 1. The average Bonchev–Trinajstić information content (AvgIpc) is 2.31. The van der Waals surface area contributed by atoms with E-state index in [-0.39, 0.29) is 26.0 Å². The standard InChI is InChI=1S/C13H16Cl2N2O3S/c1-2-13(4-3-5-13)17-12(18)8-6-11(21(16,19)20)10(15)7-9(8)14/h6-7H,2-5H2,1H3,(H,17,18)(H2,16,19,20). The molecule has 0 atom stereocenters. The third-order valence-electron chi connectivity index (χ3n) is 3.94. The molecule has 1 aromatic rings. The van der Waals surface area contributed by atoms with Crippen molar-refractivity contribution in [3.63, 3.8) is 0 Å². The summed E-state index contributed by atoms with van der Waals surface area (Å²) in [5.41, 5.74) is -0.160. The molecule has 0 radical (unpaired) electrons. The molecule has 1 aliphatic rings. The predicted molar refractivity (Wildman–Crippen MR) is 82.2 cm³/mol. The number of amides is 1. The first-order chi connectivity index (χ1) is 9.68. The quantitative estimate of drug-likeness (QED) is 0.874. The highest BCUT2D eigenvalue weighted by atomic mass is 35.5. The Kier molecular flexibility index (Phi) is 4.54. The van der Waals surface area contributed by atoms with E-state index >= 15 is 0 Å². The third-order valence-corrected chi connectivity index (χ3v) is 5.63. The summed E-state index contributed by atoms with van der Waals surface area (Å²) in [6.07, 6.45) is 3.68. The average molecular weight is 351 g/mol. The molecule has 1 aliphatic carbocycles. The largest absolute Gasteiger partial charge is 0.347 e. The minimum Gasteiger partial charge on any atom is -0.347 e. The van der Waals surface area contributed by atoms with Gasteiger partial charge >= 0.3 is 0 Å². The van der Waals surface area contributed by atoms with Crippen molar-refractivity contribution in [2.75, 3.05) is 0 Å². The molecule has 0 bridgehead atoms. The van der Waals surface area contributed by atoms with Crippen molar-refractivity contribution >= 4 is 39.1 Å². The molecule has 3 N–H and O–H groups in total. The molecule has 0 spiro atoms. The van der Waals surface area contributed by atoms with E-state index in [0.29, 0.717) is 0 Å². The van der Waals surface area contributed by atoms with Gasteiger partial charge in [-0.25, -0.2) is 13.6 Å². The summed E-state index contributed by atoms with van der Waals surface area (Å²) in [5.74, 6) is -0.414. The van der Waals surface area contributed by atoms with Gasteiger partial charge in [-0.05, 0) is 37.8 Å². The summed E-state index contributed by atoms with van der Waals surface area (Å²) in [7, 11) is -4.02. The van der Waals surface area contributed by atoms with Gasteiger partial charge in [0.05, 0.1) is 15.6 Å². The van der Waals surface area contributed by atoms with Crippen molar-refractivity contribution < 1.29 is 13.2 Å². The second kappa shape index (κ2) is 5.76. The maximum Gasteiger partial charge on any atom is 0.253 e. The zero-order valence-corrected chi connectivity index (χ0v) is 13.8. The Labute approximate surface area is 133 Å². The summed E-state index contributed by atoms with van der Waals surface area (Å²) in [5, 5.41) is 8.00. The molecule has 1 saturated carbocycles. The summed E-state index contributed by atoms with van der Waals surface area (Å²) in [4.78, 5) is 12.0. The number of nitrogens with two attached hydrogens (primary N) is 1. The second-order valence-electron chi connectivity index (χ2n) is 5.25. The number of hydrogen-bond donors (Lipinski definition) is 2. The zero-order valence-electron chi connectivity index (χ0n) is 11.4. The van der Waals surface area contributed by atoms with Crippen LogP contribution in [0, 0.1) is 0 Å². The fourth-order valence-electron chi connectivity index (χ4n) is 2.40. The number of rotatable bonds is 4. The van der Waals surface area contributed by atoms with Crippen LogP contribution >= 0.6 is 23.2 Å². The number of carbonyl (C=O) groups excluding carboxylic acids is 1. The number of halogens is 2. The number of primary sulfonamides is 1. The molecule has 0 heterocycles. The molecule has 2 rings (SSSR count). The van der Waals surface area contributed by atoms with E-state index in [4.69, 9.17) is 28.3 Å². The minimum absolute atomic E-state index is 0.0600. The number of benzene rings is 1. The molecule has 0 unspecified atom stereocenters. The Balaban J connectivity index is 2.37. The van der Waals surface area contributed by atoms with Gasteiger partial charge in [0, 0.05) is 5.54 Å². The summed E-state index contributed by atoms with van der Waals surface area (Å²) >= 11 is 11.8. The molecule has 1 amide bonds. The van der Waals surface area contributed by atoms with Crippen LogP contribution in [0.1, 0.15) is 43.0 Å². The number of sulfonamides is 1. The fourth-order valence-corrected chi connectivity index (χ4v) is 3.80. The Bertz CT molecular complexity index is 679. The minimum atomic E-state index is -4.02. The molecule has 5 nitrogen and oxygen atoms in total. The van der Waals surface area contributed by atoms with Gasteiger partial charge in [0.15, 0.2) is 0 Å².